The van der Waals surface area contributed by atoms with Crippen LogP contribution >= 0.6 is 0 Å². The van der Waals surface area contributed by atoms with E-state index in [0.717, 1.165) is 5.56 Å². The molecule has 4 heteroatoms. The average Bonchev–Trinajstić information content (AvgIpc) is 2.36. The number of carboxylic acids is 1. The monoisotopic (exact) mass is 263 g/mol. The van der Waals surface area contributed by atoms with Crippen LogP contribution in [0.1, 0.15) is 25.8 Å². The van der Waals surface area contributed by atoms with Crippen molar-refractivity contribution in [2.24, 2.45) is 11.8 Å². The van der Waals surface area contributed by atoms with Crippen LogP contribution in [0.25, 0.3) is 0 Å². The SMILES string of the molecule is CC(C)C(Cc1ccccc1)C(=O)NCCC(=O)O. The first-order valence-electron chi connectivity index (χ1n) is 6.54. The maximum atomic E-state index is 12.1. The summed E-state index contributed by atoms with van der Waals surface area (Å²) in [7, 11) is 0. The molecule has 0 spiro atoms. The van der Waals surface area contributed by atoms with E-state index in [1.165, 1.54) is 0 Å². The number of hydrogen-bond donors (Lipinski definition) is 2. The summed E-state index contributed by atoms with van der Waals surface area (Å²) in [4.78, 5) is 22.5. The molecule has 0 aliphatic heterocycles. The van der Waals surface area contributed by atoms with Crippen molar-refractivity contribution >= 4 is 11.9 Å². The second-order valence-corrected chi connectivity index (χ2v) is 4.97. The van der Waals surface area contributed by atoms with E-state index in [1.54, 1.807) is 0 Å². The second kappa shape index (κ2) is 7.56. The maximum absolute atomic E-state index is 12.1. The Morgan fingerprint density at radius 3 is 2.37 bits per heavy atom. The van der Waals surface area contributed by atoms with Gasteiger partial charge in [-0.05, 0) is 17.9 Å². The number of nitrogens with one attached hydrogen (secondary N) is 1. The van der Waals surface area contributed by atoms with Crippen LogP contribution in [0.5, 0.6) is 0 Å². The van der Waals surface area contributed by atoms with Gasteiger partial charge in [0.15, 0.2) is 0 Å². The molecule has 19 heavy (non-hydrogen) atoms. The van der Waals surface area contributed by atoms with Gasteiger partial charge in [0.25, 0.3) is 0 Å². The van der Waals surface area contributed by atoms with Gasteiger partial charge in [-0.3, -0.25) is 9.59 Å². The molecule has 0 radical (unpaired) electrons. The fraction of sp³-hybridized carbons (Fsp3) is 0.467. The van der Waals surface area contributed by atoms with E-state index in [9.17, 15) is 9.59 Å². The topological polar surface area (TPSA) is 66.4 Å². The highest BCUT2D eigenvalue weighted by Gasteiger charge is 2.22. The Morgan fingerprint density at radius 2 is 1.84 bits per heavy atom. The number of carbonyl (C=O) groups excluding carboxylic acids is 1. The summed E-state index contributed by atoms with van der Waals surface area (Å²) in [6, 6.07) is 9.85. The van der Waals surface area contributed by atoms with Crippen molar-refractivity contribution in [1.29, 1.82) is 0 Å². The molecule has 0 bridgehead atoms. The third-order valence-electron chi connectivity index (χ3n) is 3.08. The van der Waals surface area contributed by atoms with E-state index >= 15 is 0 Å². The third-order valence-corrected chi connectivity index (χ3v) is 3.08. The number of hydrogen-bond acceptors (Lipinski definition) is 2. The van der Waals surface area contributed by atoms with Crippen molar-refractivity contribution in [2.45, 2.75) is 26.7 Å². The summed E-state index contributed by atoms with van der Waals surface area (Å²) in [5.41, 5.74) is 1.12. The quantitative estimate of drug-likeness (QED) is 0.791. The van der Waals surface area contributed by atoms with Crippen molar-refractivity contribution in [1.82, 2.24) is 5.32 Å². The van der Waals surface area contributed by atoms with Crippen LogP contribution in [0.15, 0.2) is 30.3 Å². The minimum absolute atomic E-state index is 0.0398. The minimum atomic E-state index is -0.899. The van der Waals surface area contributed by atoms with Crippen LogP contribution in [0.2, 0.25) is 0 Å². The minimum Gasteiger partial charge on any atom is -0.481 e. The number of carbonyl (C=O) groups is 2. The van der Waals surface area contributed by atoms with Gasteiger partial charge in [-0.15, -0.1) is 0 Å². The number of rotatable bonds is 7. The van der Waals surface area contributed by atoms with Crippen LogP contribution in [0.3, 0.4) is 0 Å². The number of aliphatic carboxylic acids is 1. The lowest BCUT2D eigenvalue weighted by molar-refractivity contribution is -0.137. The van der Waals surface area contributed by atoms with Gasteiger partial charge in [0.2, 0.25) is 5.91 Å². The smallest absolute Gasteiger partial charge is 0.305 e. The van der Waals surface area contributed by atoms with Gasteiger partial charge in [0.1, 0.15) is 0 Å². The summed E-state index contributed by atoms with van der Waals surface area (Å²) in [5, 5.41) is 11.3. The Bertz CT molecular complexity index is 415. The van der Waals surface area contributed by atoms with Gasteiger partial charge in [-0.2, -0.15) is 0 Å². The lowest BCUT2D eigenvalue weighted by atomic mass is 9.88. The lowest BCUT2D eigenvalue weighted by Crippen LogP contribution is -2.36. The zero-order valence-electron chi connectivity index (χ0n) is 11.4. The summed E-state index contributed by atoms with van der Waals surface area (Å²) < 4.78 is 0. The normalized spacial score (nSPS) is 12.2. The molecule has 0 fully saturated rings. The average molecular weight is 263 g/mol. The highest BCUT2D eigenvalue weighted by Crippen LogP contribution is 2.17. The number of carboxylic acid groups (broad SMARTS) is 1. The van der Waals surface area contributed by atoms with Gasteiger partial charge in [0.05, 0.1) is 6.42 Å². The van der Waals surface area contributed by atoms with Crippen molar-refractivity contribution in [3.63, 3.8) is 0 Å². The van der Waals surface area contributed by atoms with Gasteiger partial charge >= 0.3 is 5.97 Å². The summed E-state index contributed by atoms with van der Waals surface area (Å²) in [6.45, 7) is 4.20. The molecule has 1 unspecified atom stereocenters. The Labute approximate surface area is 113 Å². The van der Waals surface area contributed by atoms with Crippen molar-refractivity contribution < 1.29 is 14.7 Å². The first-order chi connectivity index (χ1) is 9.00. The Balaban J connectivity index is 2.57. The van der Waals surface area contributed by atoms with Crippen LogP contribution in [-0.4, -0.2) is 23.5 Å². The predicted octanol–water partition coefficient (Wildman–Crippen LogP) is 2.09. The Morgan fingerprint density at radius 1 is 1.21 bits per heavy atom. The van der Waals surface area contributed by atoms with E-state index < -0.39 is 5.97 Å². The van der Waals surface area contributed by atoms with Crippen molar-refractivity contribution in [3.8, 4) is 0 Å². The molecule has 0 aliphatic rings. The molecule has 0 saturated carbocycles. The zero-order chi connectivity index (χ0) is 14.3. The molecular formula is C15H21NO3. The molecule has 2 N–H and O–H groups in total. The number of amides is 1. The van der Waals surface area contributed by atoms with E-state index in [4.69, 9.17) is 5.11 Å². The fourth-order valence-electron chi connectivity index (χ4n) is 1.92. The molecule has 0 aromatic heterocycles. The number of benzene rings is 1. The molecule has 1 atom stereocenters. The molecule has 0 saturated heterocycles. The first kappa shape index (κ1) is 15.2. The maximum Gasteiger partial charge on any atom is 0.305 e. The molecule has 0 heterocycles. The first-order valence-corrected chi connectivity index (χ1v) is 6.54. The summed E-state index contributed by atoms with van der Waals surface area (Å²) >= 11 is 0. The van der Waals surface area contributed by atoms with Gasteiger partial charge in [-0.25, -0.2) is 0 Å². The van der Waals surface area contributed by atoms with E-state index in [0.29, 0.717) is 6.42 Å². The summed E-state index contributed by atoms with van der Waals surface area (Å²) in [5.74, 6) is -0.884. The molecule has 1 aromatic rings. The Hall–Kier alpha value is -1.84. The van der Waals surface area contributed by atoms with E-state index in [-0.39, 0.29) is 30.7 Å². The highest BCUT2D eigenvalue weighted by molar-refractivity contribution is 5.79. The third kappa shape index (κ3) is 5.55. The van der Waals surface area contributed by atoms with Crippen LogP contribution in [-0.2, 0) is 16.0 Å². The molecule has 104 valence electrons. The molecule has 1 amide bonds. The van der Waals surface area contributed by atoms with E-state index in [1.807, 2.05) is 44.2 Å². The fourth-order valence-corrected chi connectivity index (χ4v) is 1.92. The molecule has 1 aromatic carbocycles. The zero-order valence-corrected chi connectivity index (χ0v) is 11.4. The van der Waals surface area contributed by atoms with Gasteiger partial charge in [-0.1, -0.05) is 44.2 Å². The van der Waals surface area contributed by atoms with Crippen molar-refractivity contribution in [3.05, 3.63) is 35.9 Å². The Kier molecular flexibility index (Phi) is 6.06. The van der Waals surface area contributed by atoms with Crippen LogP contribution in [0.4, 0.5) is 0 Å². The lowest BCUT2D eigenvalue weighted by Gasteiger charge is -2.20. The molecular weight excluding hydrogens is 242 g/mol. The molecule has 4 nitrogen and oxygen atoms in total. The molecule has 1 rings (SSSR count). The summed E-state index contributed by atoms with van der Waals surface area (Å²) in [6.07, 6.45) is 0.638. The highest BCUT2D eigenvalue weighted by atomic mass is 16.4. The standard InChI is InChI=1S/C15H21NO3/c1-11(2)13(10-12-6-4-3-5-7-12)15(19)16-9-8-14(17)18/h3-7,11,13H,8-10H2,1-2H3,(H,16,19)(H,17,18). The van der Waals surface area contributed by atoms with Gasteiger partial charge < -0.3 is 10.4 Å². The van der Waals surface area contributed by atoms with Crippen LogP contribution in [0, 0.1) is 11.8 Å². The van der Waals surface area contributed by atoms with Gasteiger partial charge in [0, 0.05) is 12.5 Å². The molecule has 0 aliphatic carbocycles. The van der Waals surface area contributed by atoms with Crippen LogP contribution < -0.4 is 5.32 Å². The second-order valence-electron chi connectivity index (χ2n) is 4.97. The largest absolute Gasteiger partial charge is 0.481 e. The van der Waals surface area contributed by atoms with Crippen molar-refractivity contribution in [2.75, 3.05) is 6.54 Å². The van der Waals surface area contributed by atoms with E-state index in [2.05, 4.69) is 5.32 Å². The predicted molar refractivity (Wildman–Crippen MR) is 73.7 cm³/mol.